The second kappa shape index (κ2) is 4.83. The maximum absolute atomic E-state index is 13.5. The molecule has 2 rings (SSSR count). The molecule has 0 aliphatic heterocycles. The van der Waals surface area contributed by atoms with Crippen LogP contribution in [-0.2, 0) is 0 Å². The molecule has 0 bridgehead atoms. The van der Waals surface area contributed by atoms with E-state index in [1.165, 1.54) is 6.07 Å². The number of halogens is 1. The van der Waals surface area contributed by atoms with E-state index in [9.17, 15) is 4.39 Å². The summed E-state index contributed by atoms with van der Waals surface area (Å²) >= 11 is 0. The summed E-state index contributed by atoms with van der Waals surface area (Å²) in [6, 6.07) is 14.0. The third-order valence-corrected chi connectivity index (χ3v) is 2.40. The van der Waals surface area contributed by atoms with Crippen molar-refractivity contribution >= 4 is 5.76 Å². The second-order valence-electron chi connectivity index (χ2n) is 3.82. The Labute approximate surface area is 100 Å². The quantitative estimate of drug-likeness (QED) is 0.716. The van der Waals surface area contributed by atoms with Crippen LogP contribution in [0.4, 0.5) is 4.39 Å². The first-order chi connectivity index (χ1) is 8.16. The molecule has 0 radical (unpaired) electrons. The van der Waals surface area contributed by atoms with Crippen molar-refractivity contribution in [2.24, 2.45) is 0 Å². The van der Waals surface area contributed by atoms with Gasteiger partial charge in [-0.3, -0.25) is 0 Å². The van der Waals surface area contributed by atoms with E-state index in [1.807, 2.05) is 31.2 Å². The van der Waals surface area contributed by atoms with Crippen molar-refractivity contribution in [3.8, 4) is 5.75 Å². The van der Waals surface area contributed by atoms with Crippen molar-refractivity contribution in [3.05, 3.63) is 72.1 Å². The van der Waals surface area contributed by atoms with E-state index >= 15 is 0 Å². The fourth-order valence-electron chi connectivity index (χ4n) is 1.56. The van der Waals surface area contributed by atoms with Crippen LogP contribution >= 0.6 is 0 Å². The number of hydrogen-bond donors (Lipinski definition) is 0. The molecule has 1 nitrogen and oxygen atoms in total. The van der Waals surface area contributed by atoms with E-state index < -0.39 is 0 Å². The molecule has 0 aliphatic carbocycles. The van der Waals surface area contributed by atoms with Crippen LogP contribution in [-0.4, -0.2) is 0 Å². The van der Waals surface area contributed by atoms with Crippen LogP contribution in [0.3, 0.4) is 0 Å². The molecule has 0 N–H and O–H groups in total. The molecule has 0 aromatic heterocycles. The van der Waals surface area contributed by atoms with Crippen LogP contribution in [0.5, 0.6) is 5.75 Å². The summed E-state index contributed by atoms with van der Waals surface area (Å²) in [6.45, 7) is 5.72. The van der Waals surface area contributed by atoms with Gasteiger partial charge in [0, 0.05) is 0 Å². The van der Waals surface area contributed by atoms with E-state index in [0.717, 1.165) is 5.56 Å². The van der Waals surface area contributed by atoms with Gasteiger partial charge in [0.1, 0.15) is 17.3 Å². The summed E-state index contributed by atoms with van der Waals surface area (Å²) in [5.41, 5.74) is 1.47. The molecule has 2 aromatic rings. The highest BCUT2D eigenvalue weighted by molar-refractivity contribution is 5.60. The van der Waals surface area contributed by atoms with E-state index in [0.29, 0.717) is 17.1 Å². The van der Waals surface area contributed by atoms with Gasteiger partial charge in [0.2, 0.25) is 0 Å². The Kier molecular flexibility index (Phi) is 3.24. The summed E-state index contributed by atoms with van der Waals surface area (Å²) in [7, 11) is 0. The monoisotopic (exact) mass is 228 g/mol. The zero-order valence-electron chi connectivity index (χ0n) is 9.61. The van der Waals surface area contributed by atoms with Crippen molar-refractivity contribution in [2.45, 2.75) is 6.92 Å². The molecule has 86 valence electrons. The molecule has 0 heterocycles. The van der Waals surface area contributed by atoms with Gasteiger partial charge in [-0.25, -0.2) is 4.39 Å². The van der Waals surface area contributed by atoms with Crippen molar-refractivity contribution < 1.29 is 9.13 Å². The number of hydrogen-bond acceptors (Lipinski definition) is 1. The Balaban J connectivity index is 2.20. The lowest BCUT2D eigenvalue weighted by molar-refractivity contribution is 0.507. The number of aryl methyl sites for hydroxylation is 1. The van der Waals surface area contributed by atoms with E-state index in [1.54, 1.807) is 18.2 Å². The third-order valence-electron chi connectivity index (χ3n) is 2.40. The van der Waals surface area contributed by atoms with Gasteiger partial charge in [-0.1, -0.05) is 30.8 Å². The van der Waals surface area contributed by atoms with Gasteiger partial charge in [-0.05, 0) is 36.8 Å². The molecule has 0 amide bonds. The third kappa shape index (κ3) is 2.72. The average Bonchev–Trinajstić information content (AvgIpc) is 2.29. The Morgan fingerprint density at radius 3 is 2.59 bits per heavy atom. The SMILES string of the molecule is C=C(Oc1cccc(C)c1)c1ccccc1F. The fraction of sp³-hybridized carbons (Fsp3) is 0.0667. The molecule has 0 saturated carbocycles. The molecule has 0 unspecified atom stereocenters. The second-order valence-corrected chi connectivity index (χ2v) is 3.82. The first-order valence-electron chi connectivity index (χ1n) is 5.35. The minimum absolute atomic E-state index is 0.314. The van der Waals surface area contributed by atoms with Crippen molar-refractivity contribution in [3.63, 3.8) is 0 Å². The predicted molar refractivity (Wildman–Crippen MR) is 67.2 cm³/mol. The van der Waals surface area contributed by atoms with Crippen molar-refractivity contribution in [2.75, 3.05) is 0 Å². The van der Waals surface area contributed by atoms with Gasteiger partial charge in [0.25, 0.3) is 0 Å². The van der Waals surface area contributed by atoms with Gasteiger partial charge >= 0.3 is 0 Å². The largest absolute Gasteiger partial charge is 0.457 e. The zero-order chi connectivity index (χ0) is 12.3. The van der Waals surface area contributed by atoms with Crippen LogP contribution in [0, 0.1) is 12.7 Å². The minimum Gasteiger partial charge on any atom is -0.457 e. The number of benzene rings is 2. The van der Waals surface area contributed by atoms with Gasteiger partial charge in [0.15, 0.2) is 0 Å². The number of rotatable bonds is 3. The van der Waals surface area contributed by atoms with Crippen LogP contribution in [0.25, 0.3) is 5.76 Å². The predicted octanol–water partition coefficient (Wildman–Crippen LogP) is 4.18. The topological polar surface area (TPSA) is 9.23 Å². The maximum Gasteiger partial charge on any atom is 0.134 e. The summed E-state index contributed by atoms with van der Waals surface area (Å²) in [6.07, 6.45) is 0. The minimum atomic E-state index is -0.329. The summed E-state index contributed by atoms with van der Waals surface area (Å²) < 4.78 is 19.0. The summed E-state index contributed by atoms with van der Waals surface area (Å²) in [5.74, 6) is 0.650. The van der Waals surface area contributed by atoms with Crippen molar-refractivity contribution in [1.29, 1.82) is 0 Å². The van der Waals surface area contributed by atoms with Crippen molar-refractivity contribution in [1.82, 2.24) is 0 Å². The van der Waals surface area contributed by atoms with Crippen LogP contribution in [0.15, 0.2) is 55.1 Å². The smallest absolute Gasteiger partial charge is 0.134 e. The van der Waals surface area contributed by atoms with Gasteiger partial charge in [-0.2, -0.15) is 0 Å². The molecule has 2 aromatic carbocycles. The summed E-state index contributed by atoms with van der Waals surface area (Å²) in [5, 5.41) is 0. The van der Waals surface area contributed by atoms with E-state index in [2.05, 4.69) is 6.58 Å². The maximum atomic E-state index is 13.5. The standard InChI is InChI=1S/C15H13FO/c1-11-6-5-7-13(10-11)17-12(2)14-8-3-4-9-15(14)16/h3-10H,2H2,1H3. The van der Waals surface area contributed by atoms with Crippen LogP contribution < -0.4 is 4.74 Å². The molecule has 0 fully saturated rings. The first kappa shape index (κ1) is 11.4. The van der Waals surface area contributed by atoms with Gasteiger partial charge in [0.05, 0.1) is 5.56 Å². The molecular weight excluding hydrogens is 215 g/mol. The lowest BCUT2D eigenvalue weighted by Crippen LogP contribution is -1.96. The van der Waals surface area contributed by atoms with Gasteiger partial charge in [-0.15, -0.1) is 0 Å². The molecule has 0 atom stereocenters. The molecule has 0 aliphatic rings. The van der Waals surface area contributed by atoms with Crippen LogP contribution in [0.2, 0.25) is 0 Å². The van der Waals surface area contributed by atoms with Gasteiger partial charge < -0.3 is 4.74 Å². The number of ether oxygens (including phenoxy) is 1. The highest BCUT2D eigenvalue weighted by atomic mass is 19.1. The fourth-order valence-corrected chi connectivity index (χ4v) is 1.56. The van der Waals surface area contributed by atoms with E-state index in [-0.39, 0.29) is 5.82 Å². The normalized spacial score (nSPS) is 10.0. The molecule has 2 heteroatoms. The highest BCUT2D eigenvalue weighted by Crippen LogP contribution is 2.22. The Hall–Kier alpha value is -2.09. The Morgan fingerprint density at radius 1 is 1.12 bits per heavy atom. The molecule has 0 spiro atoms. The van der Waals surface area contributed by atoms with Crippen LogP contribution in [0.1, 0.15) is 11.1 Å². The highest BCUT2D eigenvalue weighted by Gasteiger charge is 2.07. The first-order valence-corrected chi connectivity index (χ1v) is 5.35. The van der Waals surface area contributed by atoms with E-state index in [4.69, 9.17) is 4.74 Å². The Bertz CT molecular complexity index is 546. The lowest BCUT2D eigenvalue weighted by Gasteiger charge is -2.09. The lowest BCUT2D eigenvalue weighted by atomic mass is 10.2. The summed E-state index contributed by atoms with van der Waals surface area (Å²) in [4.78, 5) is 0. The Morgan fingerprint density at radius 2 is 1.88 bits per heavy atom. The molecule has 0 saturated heterocycles. The molecular formula is C15H13FO. The molecule has 17 heavy (non-hydrogen) atoms. The average molecular weight is 228 g/mol. The zero-order valence-corrected chi connectivity index (χ0v) is 9.61.